The van der Waals surface area contributed by atoms with Gasteiger partial charge in [0.2, 0.25) is 0 Å². The molecule has 1 heterocycles. The maximum atomic E-state index is 6.67. The molecule has 98 valence electrons. The van der Waals surface area contributed by atoms with E-state index in [4.69, 9.17) is 16.3 Å². The number of fused-ring (bicyclic) bond motifs is 1. The van der Waals surface area contributed by atoms with E-state index in [1.165, 1.54) is 27.8 Å². The van der Waals surface area contributed by atoms with Crippen molar-refractivity contribution in [1.29, 1.82) is 0 Å². The molecular weight excluding hydrogens is 256 g/mol. The Morgan fingerprint density at radius 3 is 2.68 bits per heavy atom. The molecule has 0 fully saturated rings. The Balaban J connectivity index is 2.00. The highest BCUT2D eigenvalue weighted by molar-refractivity contribution is 6.22. The minimum absolute atomic E-state index is 0.0919. The Morgan fingerprint density at radius 1 is 1.05 bits per heavy atom. The lowest BCUT2D eigenvalue weighted by molar-refractivity contribution is 0.134. The van der Waals surface area contributed by atoms with Crippen LogP contribution in [0.2, 0.25) is 0 Å². The van der Waals surface area contributed by atoms with Crippen LogP contribution in [0.4, 0.5) is 0 Å². The molecule has 1 atom stereocenters. The van der Waals surface area contributed by atoms with Crippen molar-refractivity contribution in [2.45, 2.75) is 32.4 Å². The molecule has 0 amide bonds. The third-order valence-corrected chi connectivity index (χ3v) is 4.44. The van der Waals surface area contributed by atoms with Gasteiger partial charge in [0.1, 0.15) is 0 Å². The van der Waals surface area contributed by atoms with Gasteiger partial charge in [-0.15, -0.1) is 11.6 Å². The fraction of sp³-hybridized carbons (Fsp3) is 0.294. The van der Waals surface area contributed by atoms with Crippen LogP contribution < -0.4 is 0 Å². The largest absolute Gasteiger partial charge is 0.372 e. The van der Waals surface area contributed by atoms with E-state index in [0.717, 1.165) is 12.2 Å². The Hall–Kier alpha value is -1.31. The summed E-state index contributed by atoms with van der Waals surface area (Å²) in [4.78, 5) is 0. The quantitative estimate of drug-likeness (QED) is 0.723. The van der Waals surface area contributed by atoms with Crippen molar-refractivity contribution in [3.63, 3.8) is 0 Å². The second kappa shape index (κ2) is 4.99. The van der Waals surface area contributed by atoms with E-state index < -0.39 is 0 Å². The summed E-state index contributed by atoms with van der Waals surface area (Å²) in [6, 6.07) is 12.7. The highest BCUT2D eigenvalue weighted by Crippen LogP contribution is 2.34. The lowest BCUT2D eigenvalue weighted by Gasteiger charge is -2.15. The number of rotatable bonds is 2. The van der Waals surface area contributed by atoms with Gasteiger partial charge in [-0.05, 0) is 47.2 Å². The predicted octanol–water partition coefficient (Wildman–Crippen LogP) is 4.66. The van der Waals surface area contributed by atoms with Gasteiger partial charge in [0, 0.05) is 0 Å². The molecular formula is C17H17ClO. The molecule has 0 aromatic heterocycles. The summed E-state index contributed by atoms with van der Waals surface area (Å²) in [5, 5.41) is -0.0919. The van der Waals surface area contributed by atoms with E-state index in [0.29, 0.717) is 6.61 Å². The molecule has 19 heavy (non-hydrogen) atoms. The minimum atomic E-state index is -0.0919. The van der Waals surface area contributed by atoms with Crippen molar-refractivity contribution in [2.24, 2.45) is 0 Å². The fourth-order valence-electron chi connectivity index (χ4n) is 2.58. The highest BCUT2D eigenvalue weighted by atomic mass is 35.5. The average molecular weight is 273 g/mol. The average Bonchev–Trinajstić information content (AvgIpc) is 2.88. The molecule has 2 heteroatoms. The van der Waals surface area contributed by atoms with Gasteiger partial charge < -0.3 is 4.74 Å². The molecule has 1 aliphatic rings. The molecule has 0 bridgehead atoms. The SMILES string of the molecule is Cc1cccc(C(Cl)c2ccc3c(c2)COC3)c1C. The first kappa shape index (κ1) is 12.7. The van der Waals surface area contributed by atoms with Crippen LogP contribution in [0.25, 0.3) is 0 Å². The minimum Gasteiger partial charge on any atom is -0.372 e. The summed E-state index contributed by atoms with van der Waals surface area (Å²) in [6.07, 6.45) is 0. The summed E-state index contributed by atoms with van der Waals surface area (Å²) in [5.41, 5.74) is 7.47. The number of ether oxygens (including phenoxy) is 1. The van der Waals surface area contributed by atoms with Gasteiger partial charge in [-0.3, -0.25) is 0 Å². The maximum Gasteiger partial charge on any atom is 0.0838 e. The molecule has 0 saturated carbocycles. The molecule has 2 aromatic carbocycles. The lowest BCUT2D eigenvalue weighted by Crippen LogP contribution is -1.99. The zero-order valence-electron chi connectivity index (χ0n) is 11.2. The first-order valence-electron chi connectivity index (χ1n) is 6.56. The van der Waals surface area contributed by atoms with Crippen LogP contribution in [-0.2, 0) is 18.0 Å². The summed E-state index contributed by atoms with van der Waals surface area (Å²) < 4.78 is 5.46. The maximum absolute atomic E-state index is 6.67. The summed E-state index contributed by atoms with van der Waals surface area (Å²) in [6.45, 7) is 5.70. The highest BCUT2D eigenvalue weighted by Gasteiger charge is 2.17. The Labute approximate surface area is 119 Å². The molecule has 1 nitrogen and oxygen atoms in total. The van der Waals surface area contributed by atoms with Crippen molar-refractivity contribution < 1.29 is 4.74 Å². The summed E-state index contributed by atoms with van der Waals surface area (Å²) >= 11 is 6.67. The first-order chi connectivity index (χ1) is 9.16. The van der Waals surface area contributed by atoms with Crippen molar-refractivity contribution >= 4 is 11.6 Å². The van der Waals surface area contributed by atoms with E-state index >= 15 is 0 Å². The summed E-state index contributed by atoms with van der Waals surface area (Å²) in [7, 11) is 0. The van der Waals surface area contributed by atoms with Crippen molar-refractivity contribution in [1.82, 2.24) is 0 Å². The van der Waals surface area contributed by atoms with Crippen LogP contribution in [0.15, 0.2) is 36.4 Å². The Morgan fingerprint density at radius 2 is 1.84 bits per heavy atom. The topological polar surface area (TPSA) is 9.23 Å². The van der Waals surface area contributed by atoms with Crippen molar-refractivity contribution in [3.05, 3.63) is 69.8 Å². The van der Waals surface area contributed by atoms with Gasteiger partial charge in [-0.2, -0.15) is 0 Å². The van der Waals surface area contributed by atoms with E-state index in [1.807, 2.05) is 0 Å². The number of benzene rings is 2. The fourth-order valence-corrected chi connectivity index (χ4v) is 2.95. The molecule has 1 unspecified atom stereocenters. The molecule has 0 N–H and O–H groups in total. The van der Waals surface area contributed by atoms with Gasteiger partial charge in [0.25, 0.3) is 0 Å². The molecule has 0 saturated heterocycles. The van der Waals surface area contributed by atoms with Crippen LogP contribution >= 0.6 is 11.6 Å². The molecule has 3 rings (SSSR count). The molecule has 0 spiro atoms. The van der Waals surface area contributed by atoms with Crippen LogP contribution in [0.1, 0.15) is 38.8 Å². The second-order valence-corrected chi connectivity index (χ2v) is 5.61. The third-order valence-electron chi connectivity index (χ3n) is 3.96. The molecule has 0 radical (unpaired) electrons. The van der Waals surface area contributed by atoms with Crippen LogP contribution in [-0.4, -0.2) is 0 Å². The van der Waals surface area contributed by atoms with Crippen molar-refractivity contribution in [2.75, 3.05) is 0 Å². The van der Waals surface area contributed by atoms with Gasteiger partial charge in [-0.25, -0.2) is 0 Å². The van der Waals surface area contributed by atoms with Gasteiger partial charge >= 0.3 is 0 Å². The van der Waals surface area contributed by atoms with Gasteiger partial charge in [-0.1, -0.05) is 36.4 Å². The number of alkyl halides is 1. The zero-order chi connectivity index (χ0) is 13.4. The van der Waals surface area contributed by atoms with Crippen LogP contribution in [0.3, 0.4) is 0 Å². The Kier molecular flexibility index (Phi) is 3.34. The standard InChI is InChI=1S/C17H17ClO/c1-11-4-3-5-16(12(11)2)17(18)13-6-7-14-9-19-10-15(14)8-13/h3-8,17H,9-10H2,1-2H3. The summed E-state index contributed by atoms with van der Waals surface area (Å²) in [5.74, 6) is 0. The Bertz CT molecular complexity index is 619. The lowest BCUT2D eigenvalue weighted by atomic mass is 9.95. The first-order valence-corrected chi connectivity index (χ1v) is 7.00. The number of aryl methyl sites for hydroxylation is 1. The van der Waals surface area contributed by atoms with E-state index in [2.05, 4.69) is 50.2 Å². The van der Waals surface area contributed by atoms with Crippen molar-refractivity contribution in [3.8, 4) is 0 Å². The van der Waals surface area contributed by atoms with Crippen LogP contribution in [0.5, 0.6) is 0 Å². The normalized spacial score (nSPS) is 15.3. The molecule has 0 aliphatic carbocycles. The monoisotopic (exact) mass is 272 g/mol. The smallest absolute Gasteiger partial charge is 0.0838 e. The van der Waals surface area contributed by atoms with Crippen LogP contribution in [0, 0.1) is 13.8 Å². The number of hydrogen-bond donors (Lipinski definition) is 0. The molecule has 1 aliphatic heterocycles. The van der Waals surface area contributed by atoms with E-state index in [9.17, 15) is 0 Å². The molecule has 2 aromatic rings. The third kappa shape index (κ3) is 2.29. The van der Waals surface area contributed by atoms with Gasteiger partial charge in [0.15, 0.2) is 0 Å². The van der Waals surface area contributed by atoms with E-state index in [1.54, 1.807) is 0 Å². The predicted molar refractivity (Wildman–Crippen MR) is 78.5 cm³/mol. The second-order valence-electron chi connectivity index (χ2n) is 5.17. The number of hydrogen-bond acceptors (Lipinski definition) is 1. The number of halogens is 1. The van der Waals surface area contributed by atoms with E-state index in [-0.39, 0.29) is 5.38 Å². The van der Waals surface area contributed by atoms with Gasteiger partial charge in [0.05, 0.1) is 18.6 Å². The zero-order valence-corrected chi connectivity index (χ0v) is 12.0.